The van der Waals surface area contributed by atoms with E-state index in [2.05, 4.69) is 25.2 Å². The molecule has 0 spiro atoms. The Morgan fingerprint density at radius 3 is 3.05 bits per heavy atom. The van der Waals surface area contributed by atoms with Crippen LogP contribution in [-0.4, -0.2) is 32.5 Å². The molecule has 1 aliphatic heterocycles. The number of aryl methyl sites for hydroxylation is 1. The first kappa shape index (κ1) is 14.6. The van der Waals surface area contributed by atoms with Gasteiger partial charge in [0.1, 0.15) is 11.6 Å². The molecular weight excluding hydrogens is 278 g/mol. The van der Waals surface area contributed by atoms with E-state index in [0.29, 0.717) is 11.4 Å². The highest BCUT2D eigenvalue weighted by atomic mass is 16.1. The fraction of sp³-hybridized carbons (Fsp3) is 0.438. The van der Waals surface area contributed by atoms with Crippen molar-refractivity contribution in [2.45, 2.75) is 45.3 Å². The van der Waals surface area contributed by atoms with Crippen molar-refractivity contribution in [2.75, 3.05) is 5.32 Å². The minimum absolute atomic E-state index is 0.0789. The van der Waals surface area contributed by atoms with Gasteiger partial charge in [0.05, 0.1) is 5.56 Å². The van der Waals surface area contributed by atoms with E-state index in [-0.39, 0.29) is 18.0 Å². The summed E-state index contributed by atoms with van der Waals surface area (Å²) in [4.78, 5) is 21.1. The summed E-state index contributed by atoms with van der Waals surface area (Å²) in [7, 11) is 0. The monoisotopic (exact) mass is 299 g/mol. The third-order valence-electron chi connectivity index (χ3n) is 3.75. The number of nitrogens with one attached hydrogen (secondary N) is 2. The maximum Gasteiger partial charge on any atom is 0.255 e. The SMILES string of the molecule is CC(C)Nc1ncccc1C(=O)N[C@@H]1CCc2nccn2C1. The molecule has 0 aromatic carbocycles. The van der Waals surface area contributed by atoms with Crippen LogP contribution in [0.2, 0.25) is 0 Å². The fourth-order valence-corrected chi connectivity index (χ4v) is 2.72. The van der Waals surface area contributed by atoms with Crippen LogP contribution in [0.5, 0.6) is 0 Å². The zero-order valence-corrected chi connectivity index (χ0v) is 12.9. The van der Waals surface area contributed by atoms with E-state index in [9.17, 15) is 4.79 Å². The lowest BCUT2D eigenvalue weighted by molar-refractivity contribution is 0.0928. The van der Waals surface area contributed by atoms with Gasteiger partial charge in [-0.2, -0.15) is 0 Å². The van der Waals surface area contributed by atoms with Gasteiger partial charge in [-0.15, -0.1) is 0 Å². The van der Waals surface area contributed by atoms with E-state index in [0.717, 1.165) is 25.2 Å². The van der Waals surface area contributed by atoms with Gasteiger partial charge in [-0.05, 0) is 32.4 Å². The van der Waals surface area contributed by atoms with Crippen LogP contribution < -0.4 is 10.6 Å². The molecule has 1 atom stereocenters. The van der Waals surface area contributed by atoms with Crippen LogP contribution in [0.15, 0.2) is 30.7 Å². The average Bonchev–Trinajstić information content (AvgIpc) is 2.94. The number of nitrogens with zero attached hydrogens (tertiary/aromatic N) is 3. The van der Waals surface area contributed by atoms with E-state index < -0.39 is 0 Å². The highest BCUT2D eigenvalue weighted by Gasteiger charge is 2.22. The Balaban J connectivity index is 1.70. The van der Waals surface area contributed by atoms with Crippen molar-refractivity contribution in [3.8, 4) is 0 Å². The summed E-state index contributed by atoms with van der Waals surface area (Å²) < 4.78 is 2.10. The maximum absolute atomic E-state index is 12.5. The highest BCUT2D eigenvalue weighted by molar-refractivity contribution is 5.98. The van der Waals surface area contributed by atoms with Crippen LogP contribution in [0.3, 0.4) is 0 Å². The van der Waals surface area contributed by atoms with Crippen LogP contribution in [0.1, 0.15) is 36.5 Å². The maximum atomic E-state index is 12.5. The molecule has 22 heavy (non-hydrogen) atoms. The summed E-state index contributed by atoms with van der Waals surface area (Å²) in [6.45, 7) is 4.82. The van der Waals surface area contributed by atoms with Gasteiger partial charge < -0.3 is 15.2 Å². The molecule has 0 radical (unpaired) electrons. The van der Waals surface area contributed by atoms with Crippen molar-refractivity contribution >= 4 is 11.7 Å². The quantitative estimate of drug-likeness (QED) is 0.903. The third kappa shape index (κ3) is 3.10. The molecule has 116 valence electrons. The van der Waals surface area contributed by atoms with Crippen LogP contribution >= 0.6 is 0 Å². The first-order chi connectivity index (χ1) is 10.6. The molecule has 0 unspecified atom stereocenters. The van der Waals surface area contributed by atoms with Gasteiger partial charge in [0, 0.05) is 43.6 Å². The summed E-state index contributed by atoms with van der Waals surface area (Å²) >= 11 is 0. The molecule has 3 heterocycles. The van der Waals surface area contributed by atoms with Crippen LogP contribution in [0.25, 0.3) is 0 Å². The van der Waals surface area contributed by atoms with Crippen LogP contribution in [-0.2, 0) is 13.0 Å². The second-order valence-electron chi connectivity index (χ2n) is 5.90. The standard InChI is InChI=1S/C16H21N5O/c1-11(2)19-15-13(4-3-7-18-15)16(22)20-12-5-6-14-17-8-9-21(14)10-12/h3-4,7-9,11-12H,5-6,10H2,1-2H3,(H,18,19)(H,20,22)/t12-/m1/s1. The van der Waals surface area contributed by atoms with Crippen LogP contribution in [0, 0.1) is 0 Å². The van der Waals surface area contributed by atoms with E-state index in [4.69, 9.17) is 0 Å². The predicted octanol–water partition coefficient (Wildman–Crippen LogP) is 1.84. The highest BCUT2D eigenvalue weighted by Crippen LogP contribution is 2.16. The molecule has 2 aromatic heterocycles. The summed E-state index contributed by atoms with van der Waals surface area (Å²) in [6, 6.07) is 3.94. The number of amides is 1. The molecule has 0 aliphatic carbocycles. The van der Waals surface area contributed by atoms with Crippen LogP contribution in [0.4, 0.5) is 5.82 Å². The molecule has 2 N–H and O–H groups in total. The molecule has 1 aliphatic rings. The Morgan fingerprint density at radius 2 is 2.23 bits per heavy atom. The van der Waals surface area contributed by atoms with Gasteiger partial charge in [-0.3, -0.25) is 4.79 Å². The van der Waals surface area contributed by atoms with Crippen molar-refractivity contribution in [2.24, 2.45) is 0 Å². The van der Waals surface area contributed by atoms with Gasteiger partial charge >= 0.3 is 0 Å². The third-order valence-corrected chi connectivity index (χ3v) is 3.75. The zero-order chi connectivity index (χ0) is 15.5. The van der Waals surface area contributed by atoms with E-state index in [1.54, 1.807) is 18.3 Å². The second kappa shape index (κ2) is 6.17. The summed E-state index contributed by atoms with van der Waals surface area (Å²) in [5, 5.41) is 6.33. The molecular formula is C16H21N5O. The molecule has 6 nitrogen and oxygen atoms in total. The number of carbonyl (C=O) groups is 1. The van der Waals surface area contributed by atoms with Crippen molar-refractivity contribution in [1.29, 1.82) is 0 Å². The Hall–Kier alpha value is -2.37. The topological polar surface area (TPSA) is 71.8 Å². The summed E-state index contributed by atoms with van der Waals surface area (Å²) in [5.41, 5.74) is 0.590. The first-order valence-electron chi connectivity index (χ1n) is 7.66. The minimum Gasteiger partial charge on any atom is -0.367 e. The molecule has 0 saturated heterocycles. The lowest BCUT2D eigenvalue weighted by atomic mass is 10.1. The van der Waals surface area contributed by atoms with E-state index in [1.807, 2.05) is 26.2 Å². The first-order valence-corrected chi connectivity index (χ1v) is 7.66. The Labute approximate surface area is 130 Å². The predicted molar refractivity (Wildman–Crippen MR) is 84.8 cm³/mol. The number of carbonyl (C=O) groups excluding carboxylic acids is 1. The van der Waals surface area contributed by atoms with Gasteiger partial charge in [0.2, 0.25) is 0 Å². The number of hydrogen-bond acceptors (Lipinski definition) is 4. The summed E-state index contributed by atoms with van der Waals surface area (Å²) in [6.07, 6.45) is 7.27. The molecule has 0 saturated carbocycles. The Morgan fingerprint density at radius 1 is 1.36 bits per heavy atom. The lowest BCUT2D eigenvalue weighted by Gasteiger charge is -2.25. The van der Waals surface area contributed by atoms with Gasteiger partial charge in [-0.25, -0.2) is 9.97 Å². The van der Waals surface area contributed by atoms with Gasteiger partial charge in [0.25, 0.3) is 5.91 Å². The molecule has 0 fully saturated rings. The van der Waals surface area contributed by atoms with Crippen molar-refractivity contribution in [3.63, 3.8) is 0 Å². The molecule has 0 bridgehead atoms. The van der Waals surface area contributed by atoms with Crippen molar-refractivity contribution in [1.82, 2.24) is 19.9 Å². The number of fused-ring (bicyclic) bond motifs is 1. The molecule has 1 amide bonds. The molecule has 3 rings (SSSR count). The Bertz CT molecular complexity index is 664. The minimum atomic E-state index is -0.0789. The van der Waals surface area contributed by atoms with Gasteiger partial charge in [-0.1, -0.05) is 0 Å². The van der Waals surface area contributed by atoms with Crippen molar-refractivity contribution < 1.29 is 4.79 Å². The Kier molecular flexibility index (Phi) is 4.09. The normalized spacial score (nSPS) is 17.1. The van der Waals surface area contributed by atoms with E-state index in [1.165, 1.54) is 0 Å². The zero-order valence-electron chi connectivity index (χ0n) is 12.9. The summed E-state index contributed by atoms with van der Waals surface area (Å²) in [5.74, 6) is 1.65. The number of imidazole rings is 1. The number of hydrogen-bond donors (Lipinski definition) is 2. The number of pyridine rings is 1. The smallest absolute Gasteiger partial charge is 0.255 e. The fourth-order valence-electron chi connectivity index (χ4n) is 2.72. The molecule has 2 aromatic rings. The van der Waals surface area contributed by atoms with Gasteiger partial charge in [0.15, 0.2) is 0 Å². The number of aromatic nitrogens is 3. The van der Waals surface area contributed by atoms with E-state index >= 15 is 0 Å². The van der Waals surface area contributed by atoms with Crippen molar-refractivity contribution in [3.05, 3.63) is 42.1 Å². The number of anilines is 1. The number of rotatable bonds is 4. The largest absolute Gasteiger partial charge is 0.367 e. The lowest BCUT2D eigenvalue weighted by Crippen LogP contribution is -2.41. The average molecular weight is 299 g/mol. The second-order valence-corrected chi connectivity index (χ2v) is 5.90. The molecule has 6 heteroatoms.